The molecule has 1 N–H and O–H groups in total. The molecule has 0 aromatic carbocycles. The van der Waals surface area contributed by atoms with Gasteiger partial charge in [-0.15, -0.1) is 0 Å². The van der Waals surface area contributed by atoms with Crippen LogP contribution in [0.3, 0.4) is 0 Å². The van der Waals surface area contributed by atoms with E-state index in [2.05, 4.69) is 0 Å². The lowest BCUT2D eigenvalue weighted by Crippen LogP contribution is -2.43. The molecule has 0 unspecified atom stereocenters. The SMILES string of the molecule is CN1O[C@@H]2CCC[C@]2(CO)[C@H]1C1CC1. The Morgan fingerprint density at radius 2 is 2.21 bits per heavy atom. The highest BCUT2D eigenvalue weighted by Crippen LogP contribution is 2.55. The summed E-state index contributed by atoms with van der Waals surface area (Å²) >= 11 is 0. The lowest BCUT2D eigenvalue weighted by atomic mass is 9.76. The molecule has 3 aliphatic rings. The van der Waals surface area contributed by atoms with Crippen molar-refractivity contribution < 1.29 is 9.94 Å². The summed E-state index contributed by atoms with van der Waals surface area (Å²) in [4.78, 5) is 5.87. The van der Waals surface area contributed by atoms with E-state index in [1.54, 1.807) is 0 Å². The molecule has 3 nitrogen and oxygen atoms in total. The zero-order chi connectivity index (χ0) is 9.76. The van der Waals surface area contributed by atoms with Gasteiger partial charge in [0.25, 0.3) is 0 Å². The van der Waals surface area contributed by atoms with E-state index in [0.717, 1.165) is 18.8 Å². The summed E-state index contributed by atoms with van der Waals surface area (Å²) < 4.78 is 0. The van der Waals surface area contributed by atoms with E-state index < -0.39 is 0 Å². The van der Waals surface area contributed by atoms with E-state index >= 15 is 0 Å². The maximum absolute atomic E-state index is 9.69. The first kappa shape index (κ1) is 9.13. The van der Waals surface area contributed by atoms with Gasteiger partial charge in [0.1, 0.15) is 0 Å². The summed E-state index contributed by atoms with van der Waals surface area (Å²) in [6.07, 6.45) is 6.46. The number of fused-ring (bicyclic) bond motifs is 1. The topological polar surface area (TPSA) is 32.7 Å². The predicted molar refractivity (Wildman–Crippen MR) is 52.5 cm³/mol. The quantitative estimate of drug-likeness (QED) is 0.721. The van der Waals surface area contributed by atoms with E-state index in [1.165, 1.54) is 19.3 Å². The van der Waals surface area contributed by atoms with Crippen LogP contribution in [0.25, 0.3) is 0 Å². The number of hydrogen-bond donors (Lipinski definition) is 1. The molecule has 0 aromatic rings. The van der Waals surface area contributed by atoms with Crippen LogP contribution < -0.4 is 0 Å². The first-order chi connectivity index (χ1) is 6.78. The van der Waals surface area contributed by atoms with Gasteiger partial charge >= 0.3 is 0 Å². The third kappa shape index (κ3) is 1.03. The Kier molecular flexibility index (Phi) is 1.92. The first-order valence-electron chi connectivity index (χ1n) is 5.78. The van der Waals surface area contributed by atoms with Crippen LogP contribution in [-0.4, -0.2) is 36.0 Å². The Hall–Kier alpha value is -0.120. The maximum Gasteiger partial charge on any atom is 0.0887 e. The first-order valence-corrected chi connectivity index (χ1v) is 5.78. The van der Waals surface area contributed by atoms with Crippen molar-refractivity contribution in [2.24, 2.45) is 11.3 Å². The second kappa shape index (κ2) is 2.94. The van der Waals surface area contributed by atoms with Gasteiger partial charge in [-0.25, -0.2) is 0 Å². The van der Waals surface area contributed by atoms with Gasteiger partial charge < -0.3 is 5.11 Å². The third-order valence-corrected chi connectivity index (χ3v) is 4.39. The molecule has 1 saturated heterocycles. The van der Waals surface area contributed by atoms with Crippen LogP contribution in [-0.2, 0) is 4.84 Å². The summed E-state index contributed by atoms with van der Waals surface area (Å²) in [5.74, 6) is 0.787. The minimum absolute atomic E-state index is 0.0793. The molecular weight excluding hydrogens is 178 g/mol. The minimum atomic E-state index is 0.0793. The fourth-order valence-electron chi connectivity index (χ4n) is 3.64. The number of aliphatic hydroxyl groups is 1. The summed E-state index contributed by atoms with van der Waals surface area (Å²) in [6, 6.07) is 0.486. The van der Waals surface area contributed by atoms with E-state index in [9.17, 15) is 5.11 Å². The molecule has 1 heterocycles. The van der Waals surface area contributed by atoms with Gasteiger partial charge in [0.2, 0.25) is 0 Å². The Labute approximate surface area is 85.0 Å². The monoisotopic (exact) mass is 197 g/mol. The molecule has 0 amide bonds. The van der Waals surface area contributed by atoms with Crippen LogP contribution in [0.5, 0.6) is 0 Å². The van der Waals surface area contributed by atoms with Crippen molar-refractivity contribution in [2.75, 3.05) is 13.7 Å². The zero-order valence-electron chi connectivity index (χ0n) is 8.78. The highest BCUT2D eigenvalue weighted by Gasteiger charge is 2.60. The number of nitrogens with zero attached hydrogens (tertiary/aromatic N) is 1. The van der Waals surface area contributed by atoms with Gasteiger partial charge in [-0.1, -0.05) is 0 Å². The molecule has 3 rings (SSSR count). The molecule has 0 spiro atoms. The van der Waals surface area contributed by atoms with Crippen LogP contribution in [0.4, 0.5) is 0 Å². The number of hydrogen-bond acceptors (Lipinski definition) is 3. The lowest BCUT2D eigenvalue weighted by molar-refractivity contribution is -0.146. The lowest BCUT2D eigenvalue weighted by Gasteiger charge is -2.32. The Bertz CT molecular complexity index is 241. The van der Waals surface area contributed by atoms with Crippen LogP contribution in [0.15, 0.2) is 0 Å². The van der Waals surface area contributed by atoms with Crippen molar-refractivity contribution in [2.45, 2.75) is 44.2 Å². The van der Waals surface area contributed by atoms with Crippen molar-refractivity contribution in [3.8, 4) is 0 Å². The average Bonchev–Trinajstić information content (AvgIpc) is 2.83. The van der Waals surface area contributed by atoms with Gasteiger partial charge in [-0.2, -0.15) is 5.06 Å². The average molecular weight is 197 g/mol. The molecule has 2 saturated carbocycles. The predicted octanol–water partition coefficient (Wildman–Crippen LogP) is 1.17. The van der Waals surface area contributed by atoms with E-state index in [4.69, 9.17) is 4.84 Å². The largest absolute Gasteiger partial charge is 0.396 e. The molecule has 14 heavy (non-hydrogen) atoms. The molecule has 3 atom stereocenters. The zero-order valence-corrected chi connectivity index (χ0v) is 8.78. The number of hydroxylamine groups is 2. The molecule has 2 aliphatic carbocycles. The maximum atomic E-state index is 9.69. The molecule has 0 radical (unpaired) electrons. The number of rotatable bonds is 2. The molecule has 0 aromatic heterocycles. The smallest absolute Gasteiger partial charge is 0.0887 e. The second-order valence-electron chi connectivity index (χ2n) is 5.21. The Morgan fingerprint density at radius 3 is 2.86 bits per heavy atom. The van der Waals surface area contributed by atoms with Crippen molar-refractivity contribution in [3.63, 3.8) is 0 Å². The molecule has 3 fully saturated rings. The van der Waals surface area contributed by atoms with Crippen molar-refractivity contribution in [1.82, 2.24) is 5.06 Å². The fourth-order valence-corrected chi connectivity index (χ4v) is 3.64. The van der Waals surface area contributed by atoms with E-state index in [-0.39, 0.29) is 5.41 Å². The Morgan fingerprint density at radius 1 is 1.43 bits per heavy atom. The van der Waals surface area contributed by atoms with Gasteiger partial charge in [-0.05, 0) is 38.0 Å². The van der Waals surface area contributed by atoms with Gasteiger partial charge in [0, 0.05) is 18.5 Å². The highest BCUT2D eigenvalue weighted by atomic mass is 16.7. The van der Waals surface area contributed by atoms with Crippen molar-refractivity contribution in [1.29, 1.82) is 0 Å². The summed E-state index contributed by atoms with van der Waals surface area (Å²) in [5.41, 5.74) is 0.0793. The van der Waals surface area contributed by atoms with Gasteiger partial charge in [0.05, 0.1) is 12.7 Å². The molecular formula is C11H19NO2. The van der Waals surface area contributed by atoms with E-state index in [1.807, 2.05) is 12.1 Å². The highest BCUT2D eigenvalue weighted by molar-refractivity contribution is 5.08. The Balaban J connectivity index is 1.92. The molecule has 0 bridgehead atoms. The fraction of sp³-hybridized carbons (Fsp3) is 1.00. The van der Waals surface area contributed by atoms with Crippen molar-refractivity contribution >= 4 is 0 Å². The van der Waals surface area contributed by atoms with Gasteiger partial charge in [0.15, 0.2) is 0 Å². The van der Waals surface area contributed by atoms with Crippen LogP contribution in [0, 0.1) is 11.3 Å². The van der Waals surface area contributed by atoms with Crippen LogP contribution >= 0.6 is 0 Å². The normalized spacial score (nSPS) is 48.4. The summed E-state index contributed by atoms with van der Waals surface area (Å²) in [6.45, 7) is 0.309. The van der Waals surface area contributed by atoms with Crippen molar-refractivity contribution in [3.05, 3.63) is 0 Å². The van der Waals surface area contributed by atoms with Crippen LogP contribution in [0.1, 0.15) is 32.1 Å². The summed E-state index contributed by atoms with van der Waals surface area (Å²) in [5, 5.41) is 11.7. The van der Waals surface area contributed by atoms with E-state index in [0.29, 0.717) is 18.8 Å². The minimum Gasteiger partial charge on any atom is -0.396 e. The third-order valence-electron chi connectivity index (χ3n) is 4.39. The molecule has 1 aliphatic heterocycles. The standard InChI is InChI=1S/C11H19NO2/c1-12-10(8-4-5-8)11(7-13)6-2-3-9(11)14-12/h8-10,13H,2-7H2,1H3/t9-,10-,11-/m1/s1. The second-order valence-corrected chi connectivity index (χ2v) is 5.21. The van der Waals surface area contributed by atoms with Crippen LogP contribution in [0.2, 0.25) is 0 Å². The molecule has 80 valence electrons. The summed E-state index contributed by atoms with van der Waals surface area (Å²) in [7, 11) is 2.04. The number of aliphatic hydroxyl groups excluding tert-OH is 1. The molecule has 3 heteroatoms. The van der Waals surface area contributed by atoms with Gasteiger partial charge in [-0.3, -0.25) is 4.84 Å².